The normalized spacial score (nSPS) is 11.9. The molecule has 4 nitrogen and oxygen atoms in total. The van der Waals surface area contributed by atoms with Gasteiger partial charge in [-0.2, -0.15) is 0 Å². The van der Waals surface area contributed by atoms with Gasteiger partial charge in [0.05, 0.1) is 26.4 Å². The number of hydrogen-bond donors (Lipinski definition) is 1. The van der Waals surface area contributed by atoms with E-state index >= 15 is 0 Å². The van der Waals surface area contributed by atoms with Gasteiger partial charge < -0.3 is 19.3 Å². The molecule has 0 heterocycles. The van der Waals surface area contributed by atoms with Crippen molar-refractivity contribution in [1.82, 2.24) is 0 Å². The van der Waals surface area contributed by atoms with E-state index in [1.165, 1.54) is 50.5 Å². The van der Waals surface area contributed by atoms with E-state index in [0.717, 1.165) is 50.2 Å². The maximum atomic E-state index is 8.92. The second kappa shape index (κ2) is 18.4. The lowest BCUT2D eigenvalue weighted by Crippen LogP contribution is -2.13. The highest BCUT2D eigenvalue weighted by Gasteiger charge is 2.09. The number of aliphatic hydroxyl groups is 1. The standard InChI is InChI=1S/C29H44O4/c1-31-27-19-21-29(22-20-27)32-24-14-7-3-5-12-18-28(17-11-4-2-6-13-23-30)33-25-26-15-9-8-10-16-26/h8-10,15-16,19-22,28,30H,2-7,11-14,17-18,23-25H2,1H3. The minimum atomic E-state index is 0.316. The van der Waals surface area contributed by atoms with Gasteiger partial charge in [0.15, 0.2) is 0 Å². The van der Waals surface area contributed by atoms with Crippen molar-refractivity contribution >= 4 is 0 Å². The number of unbranched alkanes of at least 4 members (excludes halogenated alkanes) is 8. The highest BCUT2D eigenvalue weighted by Crippen LogP contribution is 2.19. The van der Waals surface area contributed by atoms with Crippen molar-refractivity contribution in [2.75, 3.05) is 20.3 Å². The molecule has 2 aromatic carbocycles. The van der Waals surface area contributed by atoms with Crippen LogP contribution < -0.4 is 9.47 Å². The van der Waals surface area contributed by atoms with Crippen LogP contribution in [0, 0.1) is 0 Å². The summed E-state index contributed by atoms with van der Waals surface area (Å²) in [5.74, 6) is 1.76. The quantitative estimate of drug-likeness (QED) is 0.212. The van der Waals surface area contributed by atoms with Gasteiger partial charge in [0.25, 0.3) is 0 Å². The molecule has 0 aliphatic carbocycles. The minimum absolute atomic E-state index is 0.316. The summed E-state index contributed by atoms with van der Waals surface area (Å²) < 4.78 is 17.3. The zero-order valence-corrected chi connectivity index (χ0v) is 20.6. The predicted octanol–water partition coefficient (Wildman–Crippen LogP) is 7.33. The van der Waals surface area contributed by atoms with Crippen molar-refractivity contribution in [3.63, 3.8) is 0 Å². The second-order valence-electron chi connectivity index (χ2n) is 8.78. The molecule has 0 spiro atoms. The summed E-state index contributed by atoms with van der Waals surface area (Å²) in [4.78, 5) is 0. The molecule has 2 rings (SSSR count). The first kappa shape index (κ1) is 27.2. The Morgan fingerprint density at radius 1 is 0.667 bits per heavy atom. The molecule has 0 aliphatic rings. The van der Waals surface area contributed by atoms with Crippen LogP contribution in [0.3, 0.4) is 0 Å². The van der Waals surface area contributed by atoms with Crippen LogP contribution in [0.1, 0.15) is 82.6 Å². The smallest absolute Gasteiger partial charge is 0.119 e. The first-order valence-corrected chi connectivity index (χ1v) is 12.8. The van der Waals surface area contributed by atoms with Crippen molar-refractivity contribution < 1.29 is 19.3 Å². The second-order valence-corrected chi connectivity index (χ2v) is 8.78. The van der Waals surface area contributed by atoms with Gasteiger partial charge in [-0.1, -0.05) is 81.7 Å². The lowest BCUT2D eigenvalue weighted by molar-refractivity contribution is 0.0260. The number of hydrogen-bond acceptors (Lipinski definition) is 4. The maximum Gasteiger partial charge on any atom is 0.119 e. The summed E-state index contributed by atoms with van der Waals surface area (Å²) in [6.45, 7) is 1.79. The third-order valence-electron chi connectivity index (χ3n) is 6.01. The third kappa shape index (κ3) is 13.3. The Hall–Kier alpha value is -2.04. The number of benzene rings is 2. The lowest BCUT2D eigenvalue weighted by Gasteiger charge is -2.18. The molecule has 184 valence electrons. The number of aliphatic hydroxyl groups excluding tert-OH is 1. The van der Waals surface area contributed by atoms with E-state index in [0.29, 0.717) is 19.3 Å². The summed E-state index contributed by atoms with van der Waals surface area (Å²) in [6, 6.07) is 18.3. The van der Waals surface area contributed by atoms with Crippen LogP contribution in [0.2, 0.25) is 0 Å². The highest BCUT2D eigenvalue weighted by atomic mass is 16.5. The van der Waals surface area contributed by atoms with E-state index in [1.54, 1.807) is 7.11 Å². The Balaban J connectivity index is 1.56. The van der Waals surface area contributed by atoms with Crippen molar-refractivity contribution in [2.45, 2.75) is 89.8 Å². The molecule has 1 N–H and O–H groups in total. The monoisotopic (exact) mass is 456 g/mol. The van der Waals surface area contributed by atoms with E-state index in [-0.39, 0.29) is 0 Å². The fraction of sp³-hybridized carbons (Fsp3) is 0.586. The van der Waals surface area contributed by atoms with E-state index < -0.39 is 0 Å². The molecule has 0 saturated heterocycles. The van der Waals surface area contributed by atoms with Crippen LogP contribution in [0.5, 0.6) is 11.5 Å². The molecule has 0 amide bonds. The van der Waals surface area contributed by atoms with Gasteiger partial charge in [-0.15, -0.1) is 0 Å². The number of methoxy groups -OCH3 is 1. The van der Waals surface area contributed by atoms with Gasteiger partial charge in [0.2, 0.25) is 0 Å². The van der Waals surface area contributed by atoms with Crippen LogP contribution in [-0.2, 0) is 11.3 Å². The molecule has 1 atom stereocenters. The Labute approximate surface area is 201 Å². The molecule has 2 aromatic rings. The Kier molecular flexibility index (Phi) is 15.2. The van der Waals surface area contributed by atoms with Crippen molar-refractivity contribution in [2.24, 2.45) is 0 Å². The third-order valence-corrected chi connectivity index (χ3v) is 6.01. The largest absolute Gasteiger partial charge is 0.497 e. The van der Waals surface area contributed by atoms with Crippen LogP contribution >= 0.6 is 0 Å². The molecule has 0 saturated carbocycles. The van der Waals surface area contributed by atoms with E-state index in [2.05, 4.69) is 30.3 Å². The Morgan fingerprint density at radius 2 is 1.24 bits per heavy atom. The summed E-state index contributed by atoms with van der Waals surface area (Å²) in [7, 11) is 1.68. The Bertz CT molecular complexity index is 687. The first-order valence-electron chi connectivity index (χ1n) is 12.8. The molecular weight excluding hydrogens is 412 g/mol. The summed E-state index contributed by atoms with van der Waals surface area (Å²) in [5, 5.41) is 8.92. The highest BCUT2D eigenvalue weighted by molar-refractivity contribution is 5.31. The van der Waals surface area contributed by atoms with E-state index in [1.807, 2.05) is 24.3 Å². The fourth-order valence-electron chi connectivity index (χ4n) is 3.98. The molecule has 0 radical (unpaired) electrons. The first-order chi connectivity index (χ1) is 16.3. The van der Waals surface area contributed by atoms with Gasteiger partial charge in [0.1, 0.15) is 11.5 Å². The molecule has 1 unspecified atom stereocenters. The molecular formula is C29H44O4. The average molecular weight is 457 g/mol. The zero-order valence-electron chi connectivity index (χ0n) is 20.6. The number of ether oxygens (including phenoxy) is 3. The summed E-state index contributed by atoms with van der Waals surface area (Å²) in [5.41, 5.74) is 1.25. The van der Waals surface area contributed by atoms with Crippen LogP contribution in [0.25, 0.3) is 0 Å². The zero-order chi connectivity index (χ0) is 23.4. The molecule has 0 aromatic heterocycles. The van der Waals surface area contributed by atoms with Crippen LogP contribution in [0.4, 0.5) is 0 Å². The number of rotatable bonds is 20. The molecule has 0 bridgehead atoms. The van der Waals surface area contributed by atoms with Gasteiger partial charge >= 0.3 is 0 Å². The maximum absolute atomic E-state index is 8.92. The van der Waals surface area contributed by atoms with Crippen molar-refractivity contribution in [3.05, 3.63) is 60.2 Å². The predicted molar refractivity (Wildman–Crippen MR) is 136 cm³/mol. The Morgan fingerprint density at radius 3 is 1.88 bits per heavy atom. The van der Waals surface area contributed by atoms with Crippen LogP contribution in [-0.4, -0.2) is 31.5 Å². The van der Waals surface area contributed by atoms with Gasteiger partial charge in [-0.25, -0.2) is 0 Å². The van der Waals surface area contributed by atoms with Crippen molar-refractivity contribution in [3.8, 4) is 11.5 Å². The molecule has 4 heteroatoms. The molecule has 33 heavy (non-hydrogen) atoms. The topological polar surface area (TPSA) is 47.9 Å². The lowest BCUT2D eigenvalue weighted by atomic mass is 10.0. The fourth-order valence-corrected chi connectivity index (χ4v) is 3.98. The average Bonchev–Trinajstić information content (AvgIpc) is 2.86. The summed E-state index contributed by atoms with van der Waals surface area (Å²) in [6.07, 6.45) is 14.4. The van der Waals surface area contributed by atoms with E-state index in [4.69, 9.17) is 19.3 Å². The van der Waals surface area contributed by atoms with Crippen LogP contribution in [0.15, 0.2) is 54.6 Å². The summed E-state index contributed by atoms with van der Waals surface area (Å²) >= 11 is 0. The molecule has 0 fully saturated rings. The SMILES string of the molecule is COc1ccc(OCCCCCCCC(CCCCCCCO)OCc2ccccc2)cc1. The van der Waals surface area contributed by atoms with Gasteiger partial charge in [-0.05, 0) is 55.5 Å². The van der Waals surface area contributed by atoms with Crippen molar-refractivity contribution in [1.29, 1.82) is 0 Å². The van der Waals surface area contributed by atoms with Gasteiger partial charge in [-0.3, -0.25) is 0 Å². The minimum Gasteiger partial charge on any atom is -0.497 e. The molecule has 0 aliphatic heterocycles. The van der Waals surface area contributed by atoms with E-state index in [9.17, 15) is 0 Å². The van der Waals surface area contributed by atoms with Gasteiger partial charge in [0, 0.05) is 6.61 Å².